The van der Waals surface area contributed by atoms with Crippen molar-refractivity contribution in [1.29, 1.82) is 0 Å². The summed E-state index contributed by atoms with van der Waals surface area (Å²) in [5.74, 6) is -0.758. The fraction of sp³-hybridized carbons (Fsp3) is 0.207. The van der Waals surface area contributed by atoms with Gasteiger partial charge in [-0.25, -0.2) is 9.07 Å². The first-order valence-corrected chi connectivity index (χ1v) is 11.8. The van der Waals surface area contributed by atoms with Gasteiger partial charge in [-0.15, -0.1) is 0 Å². The van der Waals surface area contributed by atoms with E-state index in [1.165, 1.54) is 23.1 Å². The average molecular weight is 485 g/mol. The van der Waals surface area contributed by atoms with E-state index >= 15 is 0 Å². The zero-order valence-corrected chi connectivity index (χ0v) is 20.8. The van der Waals surface area contributed by atoms with Gasteiger partial charge in [-0.05, 0) is 63.1 Å². The summed E-state index contributed by atoms with van der Waals surface area (Å²) in [6.45, 7) is 7.33. The second kappa shape index (κ2) is 10.6. The highest BCUT2D eigenvalue weighted by atomic mass is 19.1. The van der Waals surface area contributed by atoms with Gasteiger partial charge in [-0.2, -0.15) is 5.10 Å². The molecule has 0 saturated heterocycles. The SMILES string of the molecule is Cc1ccccc1-n1nc(C)c(-c2ccccc2)c1NC(=O)CN(C(=O)c1cccc(F)c1)C(C)C. The predicted octanol–water partition coefficient (Wildman–Crippen LogP) is 5.78. The van der Waals surface area contributed by atoms with Crippen molar-refractivity contribution < 1.29 is 14.0 Å². The summed E-state index contributed by atoms with van der Waals surface area (Å²) in [5.41, 5.74) is 4.52. The number of carbonyl (C=O) groups is 2. The molecule has 0 atom stereocenters. The number of benzene rings is 3. The third-order valence-electron chi connectivity index (χ3n) is 5.99. The van der Waals surface area contributed by atoms with Gasteiger partial charge in [0.1, 0.15) is 18.2 Å². The Labute approximate surface area is 210 Å². The van der Waals surface area contributed by atoms with Crippen molar-refractivity contribution in [3.63, 3.8) is 0 Å². The van der Waals surface area contributed by atoms with E-state index in [-0.39, 0.29) is 24.1 Å². The summed E-state index contributed by atoms with van der Waals surface area (Å²) in [4.78, 5) is 27.9. The van der Waals surface area contributed by atoms with Crippen molar-refractivity contribution in [2.75, 3.05) is 11.9 Å². The number of rotatable bonds is 7. The van der Waals surface area contributed by atoms with E-state index < -0.39 is 11.7 Å². The van der Waals surface area contributed by atoms with Crippen molar-refractivity contribution in [2.45, 2.75) is 33.7 Å². The van der Waals surface area contributed by atoms with Crippen LogP contribution in [0, 0.1) is 19.7 Å². The van der Waals surface area contributed by atoms with E-state index in [4.69, 9.17) is 5.10 Å². The molecule has 3 aromatic carbocycles. The molecule has 6 nitrogen and oxygen atoms in total. The van der Waals surface area contributed by atoms with Gasteiger partial charge in [0.25, 0.3) is 5.91 Å². The number of nitrogens with one attached hydrogen (secondary N) is 1. The third kappa shape index (κ3) is 5.20. The molecule has 0 fully saturated rings. The molecule has 2 amide bonds. The topological polar surface area (TPSA) is 67.2 Å². The van der Waals surface area contributed by atoms with Crippen LogP contribution in [0.1, 0.15) is 35.5 Å². The lowest BCUT2D eigenvalue weighted by atomic mass is 10.1. The zero-order chi connectivity index (χ0) is 25.8. The van der Waals surface area contributed by atoms with E-state index in [1.54, 1.807) is 10.7 Å². The molecule has 4 aromatic rings. The van der Waals surface area contributed by atoms with E-state index in [1.807, 2.05) is 82.3 Å². The Kier molecular flexibility index (Phi) is 7.29. The van der Waals surface area contributed by atoms with Crippen LogP contribution in [-0.2, 0) is 4.79 Å². The molecule has 1 aromatic heterocycles. The van der Waals surface area contributed by atoms with Crippen molar-refractivity contribution in [1.82, 2.24) is 14.7 Å². The highest BCUT2D eigenvalue weighted by molar-refractivity contribution is 6.01. The van der Waals surface area contributed by atoms with Gasteiger partial charge < -0.3 is 10.2 Å². The quantitative estimate of drug-likeness (QED) is 0.361. The summed E-state index contributed by atoms with van der Waals surface area (Å²) in [6.07, 6.45) is 0. The molecule has 0 radical (unpaired) electrons. The number of anilines is 1. The number of amides is 2. The smallest absolute Gasteiger partial charge is 0.254 e. The standard InChI is InChI=1S/C29H29FN4O2/c1-19(2)33(29(36)23-14-10-15-24(30)17-23)18-26(35)31-28-27(22-12-6-5-7-13-22)21(4)32-34(28)25-16-9-8-11-20(25)3/h5-17,19H,18H2,1-4H3,(H,31,35). The molecule has 36 heavy (non-hydrogen) atoms. The molecule has 1 N–H and O–H groups in total. The number of carbonyl (C=O) groups excluding carboxylic acids is 2. The first-order valence-electron chi connectivity index (χ1n) is 11.8. The molecule has 0 saturated carbocycles. The number of nitrogens with zero attached hydrogens (tertiary/aromatic N) is 3. The molecule has 0 aliphatic rings. The molecule has 7 heteroatoms. The van der Waals surface area contributed by atoms with Gasteiger partial charge in [0, 0.05) is 17.2 Å². The molecule has 0 unspecified atom stereocenters. The largest absolute Gasteiger partial charge is 0.327 e. The first kappa shape index (κ1) is 24.9. The summed E-state index contributed by atoms with van der Waals surface area (Å²) in [5, 5.41) is 7.78. The van der Waals surface area contributed by atoms with Crippen LogP contribution in [0.3, 0.4) is 0 Å². The molecular formula is C29H29FN4O2. The number of aromatic nitrogens is 2. The van der Waals surface area contributed by atoms with Crippen molar-refractivity contribution in [2.24, 2.45) is 0 Å². The van der Waals surface area contributed by atoms with Crippen LogP contribution in [0.2, 0.25) is 0 Å². The fourth-order valence-corrected chi connectivity index (χ4v) is 4.17. The zero-order valence-electron chi connectivity index (χ0n) is 20.8. The van der Waals surface area contributed by atoms with Crippen LogP contribution in [0.5, 0.6) is 0 Å². The number of hydrogen-bond donors (Lipinski definition) is 1. The van der Waals surface area contributed by atoms with Gasteiger partial charge in [-0.1, -0.05) is 54.6 Å². The molecule has 0 aliphatic heterocycles. The van der Waals surface area contributed by atoms with E-state index in [2.05, 4.69) is 5.32 Å². The molecular weight excluding hydrogens is 455 g/mol. The second-order valence-electron chi connectivity index (χ2n) is 8.96. The Bertz CT molecular complexity index is 1400. The molecule has 0 bridgehead atoms. The minimum absolute atomic E-state index is 0.195. The van der Waals surface area contributed by atoms with Crippen LogP contribution < -0.4 is 5.32 Å². The van der Waals surface area contributed by atoms with Crippen LogP contribution in [-0.4, -0.2) is 39.1 Å². The van der Waals surface area contributed by atoms with Crippen LogP contribution in [0.25, 0.3) is 16.8 Å². The summed E-state index contributed by atoms with van der Waals surface area (Å²) in [6, 6.07) is 22.7. The Morgan fingerprint density at radius 2 is 1.67 bits per heavy atom. The van der Waals surface area contributed by atoms with E-state index in [0.29, 0.717) is 5.82 Å². The van der Waals surface area contributed by atoms with Crippen LogP contribution >= 0.6 is 0 Å². The number of halogens is 1. The van der Waals surface area contributed by atoms with Gasteiger partial charge in [0.2, 0.25) is 5.91 Å². The van der Waals surface area contributed by atoms with Crippen LogP contribution in [0.4, 0.5) is 10.2 Å². The molecule has 4 rings (SSSR count). The molecule has 0 spiro atoms. The minimum atomic E-state index is -0.501. The molecule has 1 heterocycles. The van der Waals surface area contributed by atoms with Gasteiger partial charge in [-0.3, -0.25) is 9.59 Å². The summed E-state index contributed by atoms with van der Waals surface area (Å²) >= 11 is 0. The number of hydrogen-bond acceptors (Lipinski definition) is 3. The first-order chi connectivity index (χ1) is 17.3. The Hall–Kier alpha value is -4.26. The highest BCUT2D eigenvalue weighted by Gasteiger charge is 2.25. The minimum Gasteiger partial charge on any atom is -0.327 e. The average Bonchev–Trinajstić information content (AvgIpc) is 3.17. The maximum atomic E-state index is 13.7. The third-order valence-corrected chi connectivity index (χ3v) is 5.99. The van der Waals surface area contributed by atoms with E-state index in [0.717, 1.165) is 28.1 Å². The van der Waals surface area contributed by atoms with Gasteiger partial charge >= 0.3 is 0 Å². The maximum absolute atomic E-state index is 13.7. The van der Waals surface area contributed by atoms with Gasteiger partial charge in [0.05, 0.1) is 11.4 Å². The van der Waals surface area contributed by atoms with Gasteiger partial charge in [0.15, 0.2) is 0 Å². The Balaban J connectivity index is 1.71. The Morgan fingerprint density at radius 1 is 0.972 bits per heavy atom. The number of aryl methyl sites for hydroxylation is 2. The fourth-order valence-electron chi connectivity index (χ4n) is 4.17. The van der Waals surface area contributed by atoms with Crippen molar-refractivity contribution in [3.05, 3.63) is 102 Å². The van der Waals surface area contributed by atoms with Crippen molar-refractivity contribution >= 4 is 17.6 Å². The lowest BCUT2D eigenvalue weighted by molar-refractivity contribution is -0.117. The van der Waals surface area contributed by atoms with Crippen molar-refractivity contribution in [3.8, 4) is 16.8 Å². The van der Waals surface area contributed by atoms with Crippen LogP contribution in [0.15, 0.2) is 78.9 Å². The summed E-state index contributed by atoms with van der Waals surface area (Å²) in [7, 11) is 0. The predicted molar refractivity (Wildman–Crippen MR) is 140 cm³/mol. The van der Waals surface area contributed by atoms with E-state index in [9.17, 15) is 14.0 Å². The molecule has 0 aliphatic carbocycles. The number of para-hydroxylation sites is 1. The lowest BCUT2D eigenvalue weighted by Gasteiger charge is -2.26. The Morgan fingerprint density at radius 3 is 2.33 bits per heavy atom. The lowest BCUT2D eigenvalue weighted by Crippen LogP contribution is -2.42. The normalized spacial score (nSPS) is 10.9. The summed E-state index contributed by atoms with van der Waals surface area (Å²) < 4.78 is 15.5. The monoisotopic (exact) mass is 484 g/mol. The molecule has 184 valence electrons. The second-order valence-corrected chi connectivity index (χ2v) is 8.96. The highest BCUT2D eigenvalue weighted by Crippen LogP contribution is 2.34. The maximum Gasteiger partial charge on any atom is 0.254 e.